The fourth-order valence-corrected chi connectivity index (χ4v) is 4.31. The number of nitrogens with one attached hydrogen (secondary N) is 1. The quantitative estimate of drug-likeness (QED) is 0.707. The molecule has 1 saturated carbocycles. The monoisotopic (exact) mass is 379 g/mol. The van der Waals surface area contributed by atoms with Gasteiger partial charge in [-0.2, -0.15) is 5.10 Å². The van der Waals surface area contributed by atoms with E-state index in [-0.39, 0.29) is 11.5 Å². The lowest BCUT2D eigenvalue weighted by atomic mass is 9.93. The van der Waals surface area contributed by atoms with Crippen LogP contribution in [0.25, 0.3) is 22.3 Å². The minimum Gasteiger partial charge on any atom is -0.348 e. The van der Waals surface area contributed by atoms with Gasteiger partial charge in [0.15, 0.2) is 0 Å². The largest absolute Gasteiger partial charge is 0.348 e. The molecular weight excluding hydrogens is 360 g/mol. The van der Waals surface area contributed by atoms with E-state index < -0.39 is 11.6 Å². The van der Waals surface area contributed by atoms with Crippen molar-refractivity contribution in [2.75, 3.05) is 0 Å². The van der Waals surface area contributed by atoms with Crippen LogP contribution in [0.2, 0.25) is 0 Å². The summed E-state index contributed by atoms with van der Waals surface area (Å²) in [5.41, 5.74) is 4.01. The Morgan fingerprint density at radius 2 is 1.79 bits per heavy atom. The molecular formula is C22H19F2N3O. The fraction of sp³-hybridized carbons (Fsp3) is 0.273. The predicted molar refractivity (Wildman–Crippen MR) is 102 cm³/mol. The molecule has 4 nitrogen and oxygen atoms in total. The van der Waals surface area contributed by atoms with Gasteiger partial charge >= 0.3 is 0 Å². The van der Waals surface area contributed by atoms with Crippen LogP contribution in [0.15, 0.2) is 42.7 Å². The van der Waals surface area contributed by atoms with Gasteiger partial charge in [0, 0.05) is 35.5 Å². The maximum absolute atomic E-state index is 14.4. The van der Waals surface area contributed by atoms with E-state index >= 15 is 0 Å². The zero-order chi connectivity index (χ0) is 19.3. The third-order valence-electron chi connectivity index (χ3n) is 5.77. The second-order valence-corrected chi connectivity index (χ2v) is 7.50. The highest BCUT2D eigenvalue weighted by atomic mass is 19.1. The normalized spacial score (nSPS) is 16.4. The third kappa shape index (κ3) is 2.80. The number of amides is 1. The van der Waals surface area contributed by atoms with Crippen molar-refractivity contribution in [3.05, 3.63) is 65.5 Å². The van der Waals surface area contributed by atoms with Crippen molar-refractivity contribution >= 4 is 5.91 Å². The van der Waals surface area contributed by atoms with Crippen LogP contribution in [0.5, 0.6) is 0 Å². The first kappa shape index (κ1) is 17.1. The smallest absolute Gasteiger partial charge is 0.251 e. The Bertz CT molecular complexity index is 1080. The van der Waals surface area contributed by atoms with Gasteiger partial charge in [-0.25, -0.2) is 8.78 Å². The van der Waals surface area contributed by atoms with Gasteiger partial charge in [-0.15, -0.1) is 0 Å². The molecule has 6 heteroatoms. The van der Waals surface area contributed by atoms with Crippen molar-refractivity contribution in [1.29, 1.82) is 0 Å². The summed E-state index contributed by atoms with van der Waals surface area (Å²) in [6.45, 7) is 0.435. The Hall–Kier alpha value is -3.02. The standard InChI is InChI=1S/C22H19F2N3O/c23-15-5-6-17(21(24)9-15)13-7-18(20-11-25-22(28)19(20)8-13)14-10-26-27(12-14)16-3-1-2-4-16/h5-10,12,16H,1-4,11H2,(H,25,28). The first-order chi connectivity index (χ1) is 13.6. The predicted octanol–water partition coefficient (Wildman–Crippen LogP) is 4.85. The van der Waals surface area contributed by atoms with Crippen LogP contribution < -0.4 is 5.32 Å². The number of aromatic nitrogens is 2. The van der Waals surface area contributed by atoms with Gasteiger partial charge in [0.05, 0.1) is 12.2 Å². The van der Waals surface area contributed by atoms with E-state index in [0.717, 1.165) is 35.6 Å². The van der Waals surface area contributed by atoms with Crippen molar-refractivity contribution in [2.24, 2.45) is 0 Å². The lowest BCUT2D eigenvalue weighted by molar-refractivity contribution is 0.0966. The molecule has 2 heterocycles. The molecule has 2 aromatic carbocycles. The third-order valence-corrected chi connectivity index (χ3v) is 5.77. The molecule has 1 amide bonds. The van der Waals surface area contributed by atoms with E-state index in [4.69, 9.17) is 0 Å². The topological polar surface area (TPSA) is 46.9 Å². The lowest BCUT2D eigenvalue weighted by Crippen LogP contribution is -2.12. The van der Waals surface area contributed by atoms with Crippen LogP contribution in [0.4, 0.5) is 8.78 Å². The Balaban J connectivity index is 1.64. The second-order valence-electron chi connectivity index (χ2n) is 7.50. The van der Waals surface area contributed by atoms with Crippen molar-refractivity contribution in [1.82, 2.24) is 15.1 Å². The van der Waals surface area contributed by atoms with Crippen LogP contribution in [-0.4, -0.2) is 15.7 Å². The number of halogens is 2. The Morgan fingerprint density at radius 3 is 2.57 bits per heavy atom. The number of carbonyl (C=O) groups excluding carboxylic acids is 1. The average Bonchev–Trinajstić information content (AvgIpc) is 3.42. The van der Waals surface area contributed by atoms with Gasteiger partial charge in [0.2, 0.25) is 0 Å². The molecule has 0 radical (unpaired) electrons. The van der Waals surface area contributed by atoms with E-state index in [1.165, 1.54) is 25.0 Å². The average molecular weight is 379 g/mol. The maximum Gasteiger partial charge on any atom is 0.251 e. The molecule has 0 saturated heterocycles. The van der Waals surface area contributed by atoms with E-state index in [9.17, 15) is 13.6 Å². The number of hydrogen-bond acceptors (Lipinski definition) is 2. The van der Waals surface area contributed by atoms with Gasteiger partial charge in [-0.05, 0) is 53.8 Å². The van der Waals surface area contributed by atoms with Crippen LogP contribution in [0.1, 0.15) is 47.6 Å². The maximum atomic E-state index is 14.4. The van der Waals surface area contributed by atoms with Crippen LogP contribution >= 0.6 is 0 Å². The van der Waals surface area contributed by atoms with E-state index in [2.05, 4.69) is 10.4 Å². The molecule has 0 bridgehead atoms. The molecule has 1 fully saturated rings. The van der Waals surface area contributed by atoms with Gasteiger partial charge in [0.1, 0.15) is 11.6 Å². The molecule has 0 atom stereocenters. The summed E-state index contributed by atoms with van der Waals surface area (Å²) < 4.78 is 29.7. The molecule has 0 unspecified atom stereocenters. The van der Waals surface area contributed by atoms with Crippen LogP contribution in [0, 0.1) is 11.6 Å². The van der Waals surface area contributed by atoms with Crippen molar-refractivity contribution in [3.8, 4) is 22.3 Å². The van der Waals surface area contributed by atoms with Crippen LogP contribution in [-0.2, 0) is 6.54 Å². The lowest BCUT2D eigenvalue weighted by Gasteiger charge is -2.11. The summed E-state index contributed by atoms with van der Waals surface area (Å²) in [5.74, 6) is -1.45. The molecule has 1 aliphatic heterocycles. The summed E-state index contributed by atoms with van der Waals surface area (Å²) >= 11 is 0. The first-order valence-corrected chi connectivity index (χ1v) is 9.55. The molecule has 142 valence electrons. The van der Waals surface area contributed by atoms with Crippen LogP contribution in [0.3, 0.4) is 0 Å². The second kappa shape index (κ2) is 6.55. The van der Waals surface area contributed by atoms with Gasteiger partial charge in [-0.3, -0.25) is 9.48 Å². The van der Waals surface area contributed by atoms with E-state index in [1.54, 1.807) is 6.07 Å². The van der Waals surface area contributed by atoms with Crippen molar-refractivity contribution in [3.63, 3.8) is 0 Å². The molecule has 0 spiro atoms. The van der Waals surface area contributed by atoms with E-state index in [0.29, 0.717) is 23.7 Å². The minimum absolute atomic E-state index is 0.177. The number of nitrogens with zero attached hydrogens (tertiary/aromatic N) is 2. The molecule has 1 aliphatic carbocycles. The number of carbonyl (C=O) groups is 1. The fourth-order valence-electron chi connectivity index (χ4n) is 4.31. The molecule has 3 aromatic rings. The molecule has 1 N–H and O–H groups in total. The zero-order valence-electron chi connectivity index (χ0n) is 15.2. The highest BCUT2D eigenvalue weighted by Gasteiger charge is 2.26. The summed E-state index contributed by atoms with van der Waals surface area (Å²) in [6, 6.07) is 7.46. The zero-order valence-corrected chi connectivity index (χ0v) is 15.2. The SMILES string of the molecule is O=C1NCc2c1cc(-c1ccc(F)cc1F)cc2-c1cnn(C2CCCC2)c1. The number of benzene rings is 2. The van der Waals surface area contributed by atoms with Crippen molar-refractivity contribution < 1.29 is 13.6 Å². The number of rotatable bonds is 3. The summed E-state index contributed by atoms with van der Waals surface area (Å²) in [6.07, 6.45) is 8.50. The molecule has 2 aliphatic rings. The Kier molecular flexibility index (Phi) is 4.00. The Morgan fingerprint density at radius 1 is 1.00 bits per heavy atom. The highest BCUT2D eigenvalue weighted by molar-refractivity contribution is 6.02. The van der Waals surface area contributed by atoms with Gasteiger partial charge in [0.25, 0.3) is 5.91 Å². The number of hydrogen-bond donors (Lipinski definition) is 1. The molecule has 28 heavy (non-hydrogen) atoms. The van der Waals surface area contributed by atoms with Gasteiger partial charge < -0.3 is 5.32 Å². The number of fused-ring (bicyclic) bond motifs is 1. The van der Waals surface area contributed by atoms with E-state index in [1.807, 2.05) is 23.1 Å². The van der Waals surface area contributed by atoms with Gasteiger partial charge in [-0.1, -0.05) is 12.8 Å². The van der Waals surface area contributed by atoms with Crippen molar-refractivity contribution in [2.45, 2.75) is 38.3 Å². The molecule has 1 aromatic heterocycles. The summed E-state index contributed by atoms with van der Waals surface area (Å²) in [7, 11) is 0. The first-order valence-electron chi connectivity index (χ1n) is 9.55. The summed E-state index contributed by atoms with van der Waals surface area (Å²) in [4.78, 5) is 12.3. The molecule has 5 rings (SSSR count). The highest BCUT2D eigenvalue weighted by Crippen LogP contribution is 2.37. The Labute approximate surface area is 161 Å². The summed E-state index contributed by atoms with van der Waals surface area (Å²) in [5, 5.41) is 7.38. The minimum atomic E-state index is -0.647.